The van der Waals surface area contributed by atoms with Crippen LogP contribution in [0.3, 0.4) is 0 Å². The van der Waals surface area contributed by atoms with Gasteiger partial charge in [0.1, 0.15) is 11.6 Å². The summed E-state index contributed by atoms with van der Waals surface area (Å²) in [4.78, 5) is 19.4. The molecule has 0 aliphatic carbocycles. The van der Waals surface area contributed by atoms with Gasteiger partial charge in [0.05, 0.1) is 17.2 Å². The minimum Gasteiger partial charge on any atom is -0.378 e. The molecule has 2 aromatic rings. The first-order valence-corrected chi connectivity index (χ1v) is 7.64. The van der Waals surface area contributed by atoms with E-state index in [2.05, 4.69) is 36.1 Å². The zero-order valence-corrected chi connectivity index (χ0v) is 14.4. The summed E-state index contributed by atoms with van der Waals surface area (Å²) in [6, 6.07) is 8.30. The van der Waals surface area contributed by atoms with Gasteiger partial charge in [-0.1, -0.05) is 32.9 Å². The third-order valence-corrected chi connectivity index (χ3v) is 3.36. The molecule has 7 nitrogen and oxygen atoms in total. The third kappa shape index (κ3) is 4.73. The van der Waals surface area contributed by atoms with Crippen molar-refractivity contribution in [2.24, 2.45) is 0 Å². The fourth-order valence-corrected chi connectivity index (χ4v) is 2.07. The second kappa shape index (κ2) is 7.35. The largest absolute Gasteiger partial charge is 0.378 e. The molecule has 0 aliphatic heterocycles. The topological polar surface area (TPSA) is 90.2 Å². The Hall–Kier alpha value is -2.54. The van der Waals surface area contributed by atoms with Gasteiger partial charge in [-0.3, -0.25) is 10.1 Å². The molecular formula is C17H22N4O3. The summed E-state index contributed by atoms with van der Waals surface area (Å²) in [5, 5.41) is 13.9. The number of hydrogen-bond acceptors (Lipinski definition) is 6. The number of nitro groups is 1. The maximum Gasteiger partial charge on any atom is 0.269 e. The van der Waals surface area contributed by atoms with Crippen LogP contribution in [0.15, 0.2) is 30.3 Å². The van der Waals surface area contributed by atoms with Crippen LogP contribution < -0.4 is 5.32 Å². The molecule has 7 heteroatoms. The van der Waals surface area contributed by atoms with Gasteiger partial charge in [-0.2, -0.15) is 0 Å². The van der Waals surface area contributed by atoms with Crippen LogP contribution in [0, 0.1) is 10.1 Å². The second-order valence-corrected chi connectivity index (χ2v) is 6.53. The predicted octanol–water partition coefficient (Wildman–Crippen LogP) is 3.44. The van der Waals surface area contributed by atoms with Gasteiger partial charge in [0.15, 0.2) is 0 Å². The quantitative estimate of drug-likeness (QED) is 0.644. The smallest absolute Gasteiger partial charge is 0.269 e. The molecular weight excluding hydrogens is 308 g/mol. The van der Waals surface area contributed by atoms with Gasteiger partial charge in [-0.05, 0) is 5.56 Å². The van der Waals surface area contributed by atoms with Crippen molar-refractivity contribution in [3.05, 3.63) is 57.5 Å². The number of nitrogens with one attached hydrogen (secondary N) is 1. The molecule has 2 rings (SSSR count). The Morgan fingerprint density at radius 2 is 1.88 bits per heavy atom. The van der Waals surface area contributed by atoms with Crippen molar-refractivity contribution in [1.82, 2.24) is 9.97 Å². The van der Waals surface area contributed by atoms with Crippen LogP contribution in [-0.4, -0.2) is 22.0 Å². The number of non-ortho nitro benzene ring substituents is 1. The fraction of sp³-hybridized carbons (Fsp3) is 0.412. The molecule has 0 saturated heterocycles. The first-order chi connectivity index (χ1) is 11.3. The number of nitrogens with zero attached hydrogens (tertiary/aromatic N) is 3. The molecule has 128 valence electrons. The average Bonchev–Trinajstić information content (AvgIpc) is 2.52. The summed E-state index contributed by atoms with van der Waals surface area (Å²) in [6.45, 7) is 7.10. The van der Waals surface area contributed by atoms with Crippen molar-refractivity contribution in [2.75, 3.05) is 12.4 Å². The van der Waals surface area contributed by atoms with Crippen molar-refractivity contribution in [3.8, 4) is 0 Å². The van der Waals surface area contributed by atoms with Crippen molar-refractivity contribution in [3.63, 3.8) is 0 Å². The average molecular weight is 330 g/mol. The van der Waals surface area contributed by atoms with E-state index in [9.17, 15) is 10.1 Å². The zero-order chi connectivity index (χ0) is 17.7. The van der Waals surface area contributed by atoms with E-state index >= 15 is 0 Å². The molecule has 1 aromatic heterocycles. The molecule has 0 spiro atoms. The number of nitro benzene ring substituents is 1. The molecule has 1 aromatic carbocycles. The van der Waals surface area contributed by atoms with Gasteiger partial charge < -0.3 is 10.1 Å². The van der Waals surface area contributed by atoms with Crippen LogP contribution in [0.2, 0.25) is 0 Å². The highest BCUT2D eigenvalue weighted by atomic mass is 16.6. The summed E-state index contributed by atoms with van der Waals surface area (Å²) in [5.41, 5.74) is 1.65. The van der Waals surface area contributed by atoms with Crippen LogP contribution in [0.5, 0.6) is 0 Å². The van der Waals surface area contributed by atoms with Crippen molar-refractivity contribution < 1.29 is 9.66 Å². The number of methoxy groups -OCH3 is 1. The summed E-state index contributed by atoms with van der Waals surface area (Å²) in [6.07, 6.45) is 0. The van der Waals surface area contributed by atoms with Crippen LogP contribution in [0.1, 0.15) is 37.9 Å². The molecule has 0 fully saturated rings. The van der Waals surface area contributed by atoms with E-state index < -0.39 is 4.92 Å². The number of aromatic nitrogens is 2. The lowest BCUT2D eigenvalue weighted by molar-refractivity contribution is -0.384. The van der Waals surface area contributed by atoms with E-state index in [1.165, 1.54) is 12.1 Å². The second-order valence-electron chi connectivity index (χ2n) is 6.53. The summed E-state index contributed by atoms with van der Waals surface area (Å²) in [7, 11) is 1.63. The van der Waals surface area contributed by atoms with Gasteiger partial charge in [-0.15, -0.1) is 0 Å². The maximum atomic E-state index is 10.7. The highest BCUT2D eigenvalue weighted by Crippen LogP contribution is 2.21. The monoisotopic (exact) mass is 330 g/mol. The molecule has 0 atom stereocenters. The lowest BCUT2D eigenvalue weighted by atomic mass is 9.95. The highest BCUT2D eigenvalue weighted by molar-refractivity contribution is 5.39. The van der Waals surface area contributed by atoms with Crippen LogP contribution in [-0.2, 0) is 23.3 Å². The Labute approximate surface area is 141 Å². The Kier molecular flexibility index (Phi) is 5.46. The maximum absolute atomic E-state index is 10.7. The SMILES string of the molecule is COCc1cc(NCc2ccc([N+](=O)[O-])cc2)nc(C(C)(C)C)n1. The molecule has 24 heavy (non-hydrogen) atoms. The van der Waals surface area contributed by atoms with Gasteiger partial charge in [0.2, 0.25) is 0 Å². The van der Waals surface area contributed by atoms with Crippen molar-refractivity contribution in [2.45, 2.75) is 39.3 Å². The number of rotatable bonds is 6. The van der Waals surface area contributed by atoms with Gasteiger partial charge in [0, 0.05) is 37.3 Å². The number of hydrogen-bond donors (Lipinski definition) is 1. The van der Waals surface area contributed by atoms with Crippen molar-refractivity contribution in [1.29, 1.82) is 0 Å². The highest BCUT2D eigenvalue weighted by Gasteiger charge is 2.19. The third-order valence-electron chi connectivity index (χ3n) is 3.36. The first-order valence-electron chi connectivity index (χ1n) is 7.64. The molecule has 0 bridgehead atoms. The molecule has 0 aliphatic rings. The molecule has 0 radical (unpaired) electrons. The lowest BCUT2D eigenvalue weighted by Gasteiger charge is -2.19. The fourth-order valence-electron chi connectivity index (χ4n) is 2.07. The minimum atomic E-state index is -0.408. The Morgan fingerprint density at radius 3 is 2.42 bits per heavy atom. The lowest BCUT2D eigenvalue weighted by Crippen LogP contribution is -2.18. The Balaban J connectivity index is 2.16. The van der Waals surface area contributed by atoms with Gasteiger partial charge in [0.25, 0.3) is 5.69 Å². The first kappa shape index (κ1) is 17.8. The van der Waals surface area contributed by atoms with E-state index in [4.69, 9.17) is 4.74 Å². The van der Waals surface area contributed by atoms with E-state index in [-0.39, 0.29) is 11.1 Å². The zero-order valence-electron chi connectivity index (χ0n) is 14.4. The predicted molar refractivity (Wildman–Crippen MR) is 91.9 cm³/mol. The summed E-state index contributed by atoms with van der Waals surface area (Å²) >= 11 is 0. The number of anilines is 1. The van der Waals surface area contributed by atoms with Crippen LogP contribution >= 0.6 is 0 Å². The van der Waals surface area contributed by atoms with Gasteiger partial charge >= 0.3 is 0 Å². The van der Waals surface area contributed by atoms with E-state index in [1.807, 2.05) is 6.07 Å². The van der Waals surface area contributed by atoms with Crippen LogP contribution in [0.25, 0.3) is 0 Å². The summed E-state index contributed by atoms with van der Waals surface area (Å²) < 4.78 is 5.17. The molecule has 1 N–H and O–H groups in total. The van der Waals surface area contributed by atoms with Crippen LogP contribution in [0.4, 0.5) is 11.5 Å². The van der Waals surface area contributed by atoms with E-state index in [0.29, 0.717) is 19.0 Å². The van der Waals surface area contributed by atoms with Crippen molar-refractivity contribution >= 4 is 11.5 Å². The number of benzene rings is 1. The van der Waals surface area contributed by atoms with E-state index in [1.54, 1.807) is 19.2 Å². The molecule has 0 unspecified atom stereocenters. The Morgan fingerprint density at radius 1 is 1.21 bits per heavy atom. The summed E-state index contributed by atoms with van der Waals surface area (Å²) in [5.74, 6) is 1.45. The molecule has 0 amide bonds. The molecule has 1 heterocycles. The van der Waals surface area contributed by atoms with Gasteiger partial charge in [-0.25, -0.2) is 9.97 Å². The standard InChI is InChI=1S/C17H22N4O3/c1-17(2,3)16-19-13(11-24-4)9-15(20-16)18-10-12-5-7-14(8-6-12)21(22)23/h5-9H,10-11H2,1-4H3,(H,18,19,20). The Bertz CT molecular complexity index is 709. The van der Waals surface area contributed by atoms with E-state index in [0.717, 1.165) is 17.1 Å². The number of ether oxygens (including phenoxy) is 1. The normalized spacial score (nSPS) is 11.3. The minimum absolute atomic E-state index is 0.0817. The molecule has 0 saturated carbocycles.